The lowest BCUT2D eigenvalue weighted by atomic mass is 10.1. The molecule has 4 N–H and O–H groups in total. The third kappa shape index (κ3) is 3.22. The minimum atomic E-state index is -0.589. The maximum atomic E-state index is 12.8. The molecule has 0 fully saturated rings. The van der Waals surface area contributed by atoms with Gasteiger partial charge in [0.15, 0.2) is 0 Å². The average Bonchev–Trinajstić information content (AvgIpc) is 2.38. The molecule has 98 valence electrons. The second-order valence-corrected chi connectivity index (χ2v) is 4.03. The van der Waals surface area contributed by atoms with Gasteiger partial charge in [0.25, 0.3) is 5.91 Å². The van der Waals surface area contributed by atoms with Crippen LogP contribution in [-0.2, 0) is 6.61 Å². The molecule has 1 amide bonds. The highest BCUT2D eigenvalue weighted by atomic mass is 19.1. The van der Waals surface area contributed by atoms with Gasteiger partial charge in [-0.3, -0.25) is 4.79 Å². The number of nitrogen functional groups attached to an aromatic ring is 1. The fraction of sp³-hybridized carbons (Fsp3) is 0.0714. The van der Waals surface area contributed by atoms with E-state index in [0.29, 0.717) is 11.4 Å². The van der Waals surface area contributed by atoms with Gasteiger partial charge in [0.1, 0.15) is 18.2 Å². The van der Waals surface area contributed by atoms with Crippen LogP contribution >= 0.6 is 0 Å². The number of hydrogen-bond donors (Lipinski definition) is 2. The van der Waals surface area contributed by atoms with Crippen LogP contribution in [0.5, 0.6) is 5.75 Å². The van der Waals surface area contributed by atoms with Crippen molar-refractivity contribution < 1.29 is 13.9 Å². The first-order chi connectivity index (χ1) is 9.06. The van der Waals surface area contributed by atoms with Gasteiger partial charge in [-0.25, -0.2) is 4.39 Å². The maximum absolute atomic E-state index is 12.8. The molecule has 0 bridgehead atoms. The SMILES string of the molecule is NC(=O)c1ccc(N)cc1OCc1ccc(F)cc1. The van der Waals surface area contributed by atoms with E-state index in [1.807, 2.05) is 0 Å². The molecular weight excluding hydrogens is 247 g/mol. The van der Waals surface area contributed by atoms with Crippen molar-refractivity contribution in [2.75, 3.05) is 5.73 Å². The number of amides is 1. The van der Waals surface area contributed by atoms with Crippen LogP contribution in [0.25, 0.3) is 0 Å². The van der Waals surface area contributed by atoms with E-state index in [2.05, 4.69) is 0 Å². The topological polar surface area (TPSA) is 78.3 Å². The Morgan fingerprint density at radius 2 is 1.84 bits per heavy atom. The van der Waals surface area contributed by atoms with E-state index in [-0.39, 0.29) is 18.0 Å². The summed E-state index contributed by atoms with van der Waals surface area (Å²) in [6, 6.07) is 10.5. The molecule has 4 nitrogen and oxygen atoms in total. The van der Waals surface area contributed by atoms with E-state index in [1.54, 1.807) is 18.2 Å². The summed E-state index contributed by atoms with van der Waals surface area (Å²) in [5, 5.41) is 0. The Balaban J connectivity index is 2.16. The summed E-state index contributed by atoms with van der Waals surface area (Å²) < 4.78 is 18.3. The second kappa shape index (κ2) is 5.39. The van der Waals surface area contributed by atoms with Crippen LogP contribution in [0.3, 0.4) is 0 Å². The van der Waals surface area contributed by atoms with E-state index in [4.69, 9.17) is 16.2 Å². The van der Waals surface area contributed by atoms with E-state index in [9.17, 15) is 9.18 Å². The molecule has 0 spiro atoms. The third-order valence-electron chi connectivity index (χ3n) is 2.58. The predicted molar refractivity (Wildman–Crippen MR) is 70.1 cm³/mol. The summed E-state index contributed by atoms with van der Waals surface area (Å²) in [6.07, 6.45) is 0. The second-order valence-electron chi connectivity index (χ2n) is 4.03. The smallest absolute Gasteiger partial charge is 0.252 e. The number of nitrogens with two attached hydrogens (primary N) is 2. The highest BCUT2D eigenvalue weighted by Crippen LogP contribution is 2.22. The number of carbonyl (C=O) groups is 1. The average molecular weight is 260 g/mol. The van der Waals surface area contributed by atoms with Crippen molar-refractivity contribution >= 4 is 11.6 Å². The number of hydrogen-bond acceptors (Lipinski definition) is 3. The van der Waals surface area contributed by atoms with Crippen molar-refractivity contribution in [2.24, 2.45) is 5.73 Å². The van der Waals surface area contributed by atoms with Crippen LogP contribution in [0.4, 0.5) is 10.1 Å². The van der Waals surface area contributed by atoms with E-state index in [1.165, 1.54) is 24.3 Å². The van der Waals surface area contributed by atoms with Crippen molar-refractivity contribution in [3.05, 3.63) is 59.4 Å². The number of rotatable bonds is 4. The summed E-state index contributed by atoms with van der Waals surface area (Å²) in [4.78, 5) is 11.2. The van der Waals surface area contributed by atoms with Crippen molar-refractivity contribution in [3.63, 3.8) is 0 Å². The molecule has 2 aromatic rings. The molecule has 5 heteroatoms. The zero-order valence-electron chi connectivity index (χ0n) is 10.1. The van der Waals surface area contributed by atoms with Crippen molar-refractivity contribution in [2.45, 2.75) is 6.61 Å². The van der Waals surface area contributed by atoms with Crippen LogP contribution in [0.2, 0.25) is 0 Å². The number of ether oxygens (including phenoxy) is 1. The Morgan fingerprint density at radius 1 is 1.16 bits per heavy atom. The zero-order valence-corrected chi connectivity index (χ0v) is 10.1. The number of anilines is 1. The summed E-state index contributed by atoms with van der Waals surface area (Å²) >= 11 is 0. The zero-order chi connectivity index (χ0) is 13.8. The third-order valence-corrected chi connectivity index (χ3v) is 2.58. The minimum absolute atomic E-state index is 0.198. The molecule has 0 aliphatic rings. The van der Waals surface area contributed by atoms with E-state index < -0.39 is 5.91 Å². The Kier molecular flexibility index (Phi) is 3.66. The van der Waals surface area contributed by atoms with Gasteiger partial charge in [-0.2, -0.15) is 0 Å². The molecule has 0 saturated heterocycles. The van der Waals surface area contributed by atoms with Gasteiger partial charge in [-0.05, 0) is 29.8 Å². The van der Waals surface area contributed by atoms with Gasteiger partial charge in [-0.15, -0.1) is 0 Å². The Hall–Kier alpha value is -2.56. The lowest BCUT2D eigenvalue weighted by Crippen LogP contribution is -2.13. The Labute approximate surface area is 109 Å². The van der Waals surface area contributed by atoms with E-state index in [0.717, 1.165) is 5.56 Å². The summed E-state index contributed by atoms with van der Waals surface area (Å²) in [5.74, 6) is -0.587. The molecule has 0 saturated carbocycles. The van der Waals surface area contributed by atoms with Crippen molar-refractivity contribution in [1.29, 1.82) is 0 Å². The molecule has 0 aliphatic heterocycles. The first-order valence-corrected chi connectivity index (χ1v) is 5.63. The van der Waals surface area contributed by atoms with Crippen LogP contribution < -0.4 is 16.2 Å². The standard InChI is InChI=1S/C14H13FN2O2/c15-10-3-1-9(2-4-10)8-19-13-7-11(16)5-6-12(13)14(17)18/h1-7H,8,16H2,(H2,17,18). The minimum Gasteiger partial charge on any atom is -0.488 e. The molecular formula is C14H13FN2O2. The highest BCUT2D eigenvalue weighted by molar-refractivity contribution is 5.96. The lowest BCUT2D eigenvalue weighted by Gasteiger charge is -2.10. The van der Waals surface area contributed by atoms with Crippen molar-refractivity contribution in [3.8, 4) is 5.75 Å². The van der Waals surface area contributed by atoms with Crippen LogP contribution in [0.15, 0.2) is 42.5 Å². The molecule has 0 unspecified atom stereocenters. The molecule has 2 aromatic carbocycles. The molecule has 2 rings (SSSR count). The van der Waals surface area contributed by atoms with Gasteiger partial charge < -0.3 is 16.2 Å². The molecule has 0 radical (unpaired) electrons. The van der Waals surface area contributed by atoms with Crippen LogP contribution in [0.1, 0.15) is 15.9 Å². The fourth-order valence-corrected chi connectivity index (χ4v) is 1.60. The van der Waals surface area contributed by atoms with Gasteiger partial charge in [-0.1, -0.05) is 12.1 Å². The van der Waals surface area contributed by atoms with Crippen molar-refractivity contribution in [1.82, 2.24) is 0 Å². The summed E-state index contributed by atoms with van der Waals surface area (Å²) in [7, 11) is 0. The largest absolute Gasteiger partial charge is 0.488 e. The molecule has 0 heterocycles. The number of primary amides is 1. The highest BCUT2D eigenvalue weighted by Gasteiger charge is 2.09. The first kappa shape index (κ1) is 12.9. The van der Waals surface area contributed by atoms with Gasteiger partial charge in [0.05, 0.1) is 5.56 Å². The normalized spacial score (nSPS) is 10.2. The predicted octanol–water partition coefficient (Wildman–Crippen LogP) is 2.09. The Morgan fingerprint density at radius 3 is 2.47 bits per heavy atom. The molecule has 0 aliphatic carbocycles. The van der Waals surface area contributed by atoms with Crippen LogP contribution in [0, 0.1) is 5.82 Å². The van der Waals surface area contributed by atoms with Crippen LogP contribution in [-0.4, -0.2) is 5.91 Å². The molecule has 0 aromatic heterocycles. The van der Waals surface area contributed by atoms with E-state index >= 15 is 0 Å². The fourth-order valence-electron chi connectivity index (χ4n) is 1.60. The Bertz CT molecular complexity index is 597. The monoisotopic (exact) mass is 260 g/mol. The quantitative estimate of drug-likeness (QED) is 0.826. The summed E-state index contributed by atoms with van der Waals surface area (Å²) in [6.45, 7) is 0.198. The number of benzene rings is 2. The lowest BCUT2D eigenvalue weighted by molar-refractivity contribution is 0.0996. The molecule has 0 atom stereocenters. The van der Waals surface area contributed by atoms with Gasteiger partial charge in [0, 0.05) is 11.8 Å². The number of carbonyl (C=O) groups excluding carboxylic acids is 1. The molecule has 19 heavy (non-hydrogen) atoms. The maximum Gasteiger partial charge on any atom is 0.252 e. The number of halogens is 1. The van der Waals surface area contributed by atoms with Gasteiger partial charge >= 0.3 is 0 Å². The first-order valence-electron chi connectivity index (χ1n) is 5.63. The summed E-state index contributed by atoms with van der Waals surface area (Å²) in [5.41, 5.74) is 12.4. The van der Waals surface area contributed by atoms with Gasteiger partial charge in [0.2, 0.25) is 0 Å².